The number of nitro groups is 1. The number of nitro benzene ring substituents is 1. The lowest BCUT2D eigenvalue weighted by atomic mass is 9.78. The maximum Gasteiger partial charge on any atom is 0.502 e. The van der Waals surface area contributed by atoms with Gasteiger partial charge in [0, 0.05) is 6.07 Å². The van der Waals surface area contributed by atoms with Crippen LogP contribution in [0.25, 0.3) is 0 Å². The predicted molar refractivity (Wildman–Crippen MR) is 68.8 cm³/mol. The zero-order chi connectivity index (χ0) is 14.4. The van der Waals surface area contributed by atoms with Crippen molar-refractivity contribution in [1.29, 1.82) is 0 Å². The van der Waals surface area contributed by atoms with Gasteiger partial charge >= 0.3 is 7.12 Å². The van der Waals surface area contributed by atoms with Gasteiger partial charge in [0.15, 0.2) is 0 Å². The van der Waals surface area contributed by atoms with Crippen molar-refractivity contribution in [3.05, 3.63) is 34.1 Å². The minimum atomic E-state index is -0.943. The second kappa shape index (κ2) is 4.28. The van der Waals surface area contributed by atoms with E-state index in [1.54, 1.807) is 0 Å². The van der Waals surface area contributed by atoms with Crippen molar-refractivity contribution in [3.63, 3.8) is 0 Å². The van der Waals surface area contributed by atoms with E-state index in [0.717, 1.165) is 18.2 Å². The monoisotopic (exact) mass is 267 g/mol. The summed E-state index contributed by atoms with van der Waals surface area (Å²) in [6.07, 6.45) is 0. The van der Waals surface area contributed by atoms with Gasteiger partial charge in [-0.3, -0.25) is 10.1 Å². The summed E-state index contributed by atoms with van der Waals surface area (Å²) < 4.78 is 24.7. The number of halogens is 1. The number of nitrogens with zero attached hydrogens (tertiary/aromatic N) is 1. The number of benzene rings is 1. The first-order valence-corrected chi connectivity index (χ1v) is 5.93. The smallest absolute Gasteiger partial charge is 0.399 e. The SMILES string of the molecule is CC1(C)OB(c2cc(F)ccc2[N+](=O)[O-])OC1(C)C. The molecule has 1 aromatic rings. The van der Waals surface area contributed by atoms with Gasteiger partial charge in [0.25, 0.3) is 5.69 Å². The highest BCUT2D eigenvalue weighted by Crippen LogP contribution is 2.37. The molecule has 0 saturated carbocycles. The Morgan fingerprint density at radius 3 is 2.21 bits per heavy atom. The first-order valence-electron chi connectivity index (χ1n) is 5.93. The van der Waals surface area contributed by atoms with Crippen molar-refractivity contribution in [3.8, 4) is 0 Å². The highest BCUT2D eigenvalue weighted by atomic mass is 19.1. The fraction of sp³-hybridized carbons (Fsp3) is 0.500. The van der Waals surface area contributed by atoms with Gasteiger partial charge in [0.05, 0.1) is 21.6 Å². The lowest BCUT2D eigenvalue weighted by molar-refractivity contribution is -0.383. The Balaban J connectivity index is 2.44. The third kappa shape index (κ3) is 2.35. The minimum absolute atomic E-state index is 0.101. The first kappa shape index (κ1) is 14.0. The molecule has 0 atom stereocenters. The van der Waals surface area contributed by atoms with Crippen molar-refractivity contribution in [2.45, 2.75) is 38.9 Å². The number of hydrogen-bond donors (Lipinski definition) is 0. The molecule has 1 aromatic carbocycles. The molecule has 102 valence electrons. The molecule has 7 heteroatoms. The fourth-order valence-corrected chi connectivity index (χ4v) is 1.85. The highest BCUT2D eigenvalue weighted by molar-refractivity contribution is 6.63. The van der Waals surface area contributed by atoms with Gasteiger partial charge in [-0.05, 0) is 39.8 Å². The summed E-state index contributed by atoms with van der Waals surface area (Å²) in [6, 6.07) is 3.25. The summed E-state index contributed by atoms with van der Waals surface area (Å²) in [7, 11) is -0.943. The second-order valence-corrected chi connectivity index (χ2v) is 5.55. The third-order valence-electron chi connectivity index (χ3n) is 3.69. The quantitative estimate of drug-likeness (QED) is 0.467. The lowest BCUT2D eigenvalue weighted by Crippen LogP contribution is -2.41. The fourth-order valence-electron chi connectivity index (χ4n) is 1.85. The maximum atomic E-state index is 13.3. The molecule has 0 aromatic heterocycles. The molecule has 1 fully saturated rings. The first-order chi connectivity index (χ1) is 8.64. The molecular weight excluding hydrogens is 252 g/mol. The minimum Gasteiger partial charge on any atom is -0.399 e. The summed E-state index contributed by atoms with van der Waals surface area (Å²) in [5.41, 5.74) is -1.36. The van der Waals surface area contributed by atoms with Gasteiger partial charge in [-0.15, -0.1) is 0 Å². The van der Waals surface area contributed by atoms with Crippen LogP contribution in [0.1, 0.15) is 27.7 Å². The molecule has 0 aliphatic carbocycles. The van der Waals surface area contributed by atoms with Crippen LogP contribution in [0.4, 0.5) is 10.1 Å². The maximum absolute atomic E-state index is 13.3. The summed E-state index contributed by atoms with van der Waals surface area (Å²) in [5, 5.41) is 11.0. The van der Waals surface area contributed by atoms with E-state index in [0.29, 0.717) is 0 Å². The van der Waals surface area contributed by atoms with Crippen molar-refractivity contribution in [2.24, 2.45) is 0 Å². The Labute approximate surface area is 111 Å². The van der Waals surface area contributed by atoms with Crippen LogP contribution in [0, 0.1) is 15.9 Å². The molecule has 1 aliphatic heterocycles. The molecule has 0 radical (unpaired) electrons. The van der Waals surface area contributed by atoms with Gasteiger partial charge in [0.1, 0.15) is 5.82 Å². The molecule has 0 unspecified atom stereocenters. The topological polar surface area (TPSA) is 61.6 Å². The Hall–Kier alpha value is -1.47. The van der Waals surface area contributed by atoms with Crippen LogP contribution >= 0.6 is 0 Å². The average molecular weight is 267 g/mol. The average Bonchev–Trinajstić information content (AvgIpc) is 2.47. The van der Waals surface area contributed by atoms with E-state index < -0.39 is 29.1 Å². The number of hydrogen-bond acceptors (Lipinski definition) is 4. The van der Waals surface area contributed by atoms with E-state index in [-0.39, 0.29) is 11.2 Å². The summed E-state index contributed by atoms with van der Waals surface area (Å²) in [5.74, 6) is -0.560. The summed E-state index contributed by atoms with van der Waals surface area (Å²) >= 11 is 0. The second-order valence-electron chi connectivity index (χ2n) is 5.55. The highest BCUT2D eigenvalue weighted by Gasteiger charge is 2.53. The van der Waals surface area contributed by atoms with E-state index in [1.807, 2.05) is 27.7 Å². The van der Waals surface area contributed by atoms with Gasteiger partial charge in [-0.1, -0.05) is 0 Å². The predicted octanol–water partition coefficient (Wildman–Crippen LogP) is 2.03. The van der Waals surface area contributed by atoms with Gasteiger partial charge in [-0.2, -0.15) is 0 Å². The largest absolute Gasteiger partial charge is 0.502 e. The van der Waals surface area contributed by atoms with Crippen molar-refractivity contribution >= 4 is 18.3 Å². The third-order valence-corrected chi connectivity index (χ3v) is 3.69. The summed E-state index contributed by atoms with van der Waals surface area (Å²) in [6.45, 7) is 7.33. The molecule has 2 rings (SSSR count). The van der Waals surface area contributed by atoms with Crippen molar-refractivity contribution in [2.75, 3.05) is 0 Å². The van der Waals surface area contributed by atoms with Crippen LogP contribution in [0.5, 0.6) is 0 Å². The van der Waals surface area contributed by atoms with Crippen molar-refractivity contribution in [1.82, 2.24) is 0 Å². The Bertz CT molecular complexity index is 516. The molecule has 0 spiro atoms. The van der Waals surface area contributed by atoms with E-state index in [9.17, 15) is 14.5 Å². The van der Waals surface area contributed by atoms with Crippen molar-refractivity contribution < 1.29 is 18.6 Å². The van der Waals surface area contributed by atoms with Gasteiger partial charge < -0.3 is 9.31 Å². The molecule has 5 nitrogen and oxygen atoms in total. The van der Waals surface area contributed by atoms with Crippen LogP contribution in [-0.2, 0) is 9.31 Å². The van der Waals surface area contributed by atoms with Gasteiger partial charge in [0.2, 0.25) is 0 Å². The molecular formula is C12H15BFNO4. The molecule has 1 saturated heterocycles. The van der Waals surface area contributed by atoms with E-state index in [2.05, 4.69) is 0 Å². The zero-order valence-electron chi connectivity index (χ0n) is 11.3. The molecule has 0 amide bonds. The standard InChI is InChI=1S/C12H15BFNO4/c1-11(2)12(3,4)19-13(18-11)9-7-8(14)5-6-10(9)15(16)17/h5-7H,1-4H3. The van der Waals surface area contributed by atoms with Gasteiger partial charge in [-0.25, -0.2) is 4.39 Å². The van der Waals surface area contributed by atoms with Crippen LogP contribution in [-0.4, -0.2) is 23.2 Å². The molecule has 0 bridgehead atoms. The van der Waals surface area contributed by atoms with E-state index >= 15 is 0 Å². The molecule has 0 N–H and O–H groups in total. The van der Waals surface area contributed by atoms with Crippen LogP contribution in [0.3, 0.4) is 0 Å². The number of rotatable bonds is 2. The Morgan fingerprint density at radius 1 is 1.21 bits per heavy atom. The molecule has 1 aliphatic rings. The van der Waals surface area contributed by atoms with Crippen LogP contribution in [0.2, 0.25) is 0 Å². The van der Waals surface area contributed by atoms with E-state index in [1.165, 1.54) is 0 Å². The normalized spacial score (nSPS) is 20.6. The zero-order valence-corrected chi connectivity index (χ0v) is 11.3. The Kier molecular flexibility index (Phi) is 3.14. The molecule has 19 heavy (non-hydrogen) atoms. The van der Waals surface area contributed by atoms with Crippen LogP contribution < -0.4 is 5.46 Å². The van der Waals surface area contributed by atoms with E-state index in [4.69, 9.17) is 9.31 Å². The van der Waals surface area contributed by atoms with Crippen LogP contribution in [0.15, 0.2) is 18.2 Å². The molecule has 1 heterocycles. The Morgan fingerprint density at radius 2 is 1.74 bits per heavy atom. The summed E-state index contributed by atoms with van der Waals surface area (Å²) in [4.78, 5) is 10.4. The lowest BCUT2D eigenvalue weighted by Gasteiger charge is -2.32.